The lowest BCUT2D eigenvalue weighted by Gasteiger charge is -2.20. The Bertz CT molecular complexity index is 642. The van der Waals surface area contributed by atoms with E-state index >= 15 is 0 Å². The van der Waals surface area contributed by atoms with Gasteiger partial charge in [0.1, 0.15) is 6.04 Å². The summed E-state index contributed by atoms with van der Waals surface area (Å²) in [5.74, 6) is -0.387. The molecule has 122 valence electrons. The van der Waals surface area contributed by atoms with Crippen LogP contribution in [0.2, 0.25) is 0 Å². The Labute approximate surface area is 134 Å². The molecule has 1 aromatic rings. The number of nitrogens with zero attached hydrogens (tertiary/aromatic N) is 1. The molecule has 0 aromatic heterocycles. The molecular weight excluding hydrogens is 296 g/mol. The number of amides is 4. The van der Waals surface area contributed by atoms with E-state index in [0.717, 1.165) is 12.8 Å². The number of hydrogen-bond acceptors (Lipinski definition) is 4. The van der Waals surface area contributed by atoms with Gasteiger partial charge in [0.25, 0.3) is 11.8 Å². The van der Waals surface area contributed by atoms with E-state index in [1.54, 1.807) is 31.2 Å². The SMILES string of the molecule is CC(Nc1cccc(C(=O)NC2CC2)c1)C(=O)N1CCNC1=O. The van der Waals surface area contributed by atoms with Gasteiger partial charge < -0.3 is 16.0 Å². The van der Waals surface area contributed by atoms with Crippen molar-refractivity contribution in [1.29, 1.82) is 0 Å². The minimum atomic E-state index is -0.555. The Morgan fingerprint density at radius 3 is 2.78 bits per heavy atom. The second-order valence-electron chi connectivity index (χ2n) is 5.92. The van der Waals surface area contributed by atoms with Gasteiger partial charge in [-0.05, 0) is 38.0 Å². The molecule has 1 aliphatic heterocycles. The van der Waals surface area contributed by atoms with Gasteiger partial charge in [0.2, 0.25) is 0 Å². The maximum absolute atomic E-state index is 12.3. The fourth-order valence-corrected chi connectivity index (χ4v) is 2.47. The third-order valence-corrected chi connectivity index (χ3v) is 3.91. The first-order chi connectivity index (χ1) is 11.0. The van der Waals surface area contributed by atoms with E-state index in [-0.39, 0.29) is 17.8 Å². The third kappa shape index (κ3) is 3.61. The molecule has 23 heavy (non-hydrogen) atoms. The zero-order valence-electron chi connectivity index (χ0n) is 13.0. The van der Waals surface area contributed by atoms with Crippen molar-refractivity contribution in [2.45, 2.75) is 31.8 Å². The van der Waals surface area contributed by atoms with Crippen molar-refractivity contribution in [3.05, 3.63) is 29.8 Å². The summed E-state index contributed by atoms with van der Waals surface area (Å²) in [4.78, 5) is 37.0. The fraction of sp³-hybridized carbons (Fsp3) is 0.438. The van der Waals surface area contributed by atoms with Crippen LogP contribution in [0.25, 0.3) is 0 Å². The number of nitrogens with one attached hydrogen (secondary N) is 3. The van der Waals surface area contributed by atoms with Gasteiger partial charge in [-0.3, -0.25) is 14.5 Å². The molecule has 1 aromatic carbocycles. The quantitative estimate of drug-likeness (QED) is 0.754. The van der Waals surface area contributed by atoms with Gasteiger partial charge in [-0.25, -0.2) is 4.79 Å². The average Bonchev–Trinajstić information content (AvgIpc) is 3.25. The third-order valence-electron chi connectivity index (χ3n) is 3.91. The lowest BCUT2D eigenvalue weighted by Crippen LogP contribution is -2.43. The van der Waals surface area contributed by atoms with E-state index < -0.39 is 6.04 Å². The van der Waals surface area contributed by atoms with Crippen LogP contribution in [0.3, 0.4) is 0 Å². The molecular formula is C16H20N4O3. The summed E-state index contributed by atoms with van der Waals surface area (Å²) in [6.45, 7) is 2.56. The number of benzene rings is 1. The smallest absolute Gasteiger partial charge is 0.324 e. The van der Waals surface area contributed by atoms with E-state index in [2.05, 4.69) is 16.0 Å². The fourth-order valence-electron chi connectivity index (χ4n) is 2.47. The number of carbonyl (C=O) groups is 3. The second kappa shape index (κ2) is 6.28. The highest BCUT2D eigenvalue weighted by atomic mass is 16.2. The van der Waals surface area contributed by atoms with Gasteiger partial charge in [-0.2, -0.15) is 0 Å². The van der Waals surface area contributed by atoms with Crippen LogP contribution < -0.4 is 16.0 Å². The Balaban J connectivity index is 1.63. The predicted octanol–water partition coefficient (Wildman–Crippen LogP) is 0.931. The first kappa shape index (κ1) is 15.3. The molecule has 1 aliphatic carbocycles. The summed E-state index contributed by atoms with van der Waals surface area (Å²) in [5.41, 5.74) is 1.23. The maximum Gasteiger partial charge on any atom is 0.324 e. The molecule has 1 saturated carbocycles. The number of carbonyl (C=O) groups excluding carboxylic acids is 3. The van der Waals surface area contributed by atoms with E-state index in [0.29, 0.717) is 30.4 Å². The highest BCUT2D eigenvalue weighted by Gasteiger charge is 2.29. The molecule has 7 nitrogen and oxygen atoms in total. The van der Waals surface area contributed by atoms with E-state index in [1.165, 1.54) is 4.90 Å². The zero-order chi connectivity index (χ0) is 16.4. The van der Waals surface area contributed by atoms with Gasteiger partial charge in [-0.1, -0.05) is 6.07 Å². The molecule has 0 radical (unpaired) electrons. The van der Waals surface area contributed by atoms with Crippen molar-refractivity contribution in [2.75, 3.05) is 18.4 Å². The average molecular weight is 316 g/mol. The predicted molar refractivity (Wildman–Crippen MR) is 85.1 cm³/mol. The highest BCUT2D eigenvalue weighted by Crippen LogP contribution is 2.20. The molecule has 0 spiro atoms. The van der Waals surface area contributed by atoms with E-state index in [4.69, 9.17) is 0 Å². The van der Waals surface area contributed by atoms with Crippen LogP contribution in [0.15, 0.2) is 24.3 Å². The standard InChI is InChI=1S/C16H20N4O3/c1-10(15(22)20-8-7-17-16(20)23)18-13-4-2-3-11(9-13)14(21)19-12-5-6-12/h2-4,9-10,12,18H,5-8H2,1H3,(H,17,23)(H,19,21). The first-order valence-electron chi connectivity index (χ1n) is 7.81. The molecule has 7 heteroatoms. The van der Waals surface area contributed by atoms with Gasteiger partial charge >= 0.3 is 6.03 Å². The molecule has 1 unspecified atom stereocenters. The minimum absolute atomic E-state index is 0.103. The zero-order valence-corrected chi connectivity index (χ0v) is 13.0. The molecule has 0 bridgehead atoms. The summed E-state index contributed by atoms with van der Waals surface area (Å²) in [6, 6.07) is 6.40. The Morgan fingerprint density at radius 1 is 1.35 bits per heavy atom. The van der Waals surface area contributed by atoms with Crippen molar-refractivity contribution in [3.63, 3.8) is 0 Å². The van der Waals surface area contributed by atoms with Gasteiger partial charge in [0.05, 0.1) is 0 Å². The normalized spacial score (nSPS) is 18.3. The van der Waals surface area contributed by atoms with Crippen LogP contribution in [0.4, 0.5) is 10.5 Å². The number of rotatable bonds is 5. The highest BCUT2D eigenvalue weighted by molar-refractivity contribution is 5.99. The van der Waals surface area contributed by atoms with E-state index in [1.807, 2.05) is 0 Å². The number of imide groups is 1. The van der Waals surface area contributed by atoms with Crippen LogP contribution >= 0.6 is 0 Å². The topological polar surface area (TPSA) is 90.5 Å². The summed E-state index contributed by atoms with van der Waals surface area (Å²) < 4.78 is 0. The van der Waals surface area contributed by atoms with Crippen molar-refractivity contribution in [3.8, 4) is 0 Å². The summed E-state index contributed by atoms with van der Waals surface area (Å²) in [6.07, 6.45) is 2.07. The Morgan fingerprint density at radius 2 is 2.13 bits per heavy atom. The minimum Gasteiger partial charge on any atom is -0.374 e. The second-order valence-corrected chi connectivity index (χ2v) is 5.92. The molecule has 1 atom stereocenters. The lowest BCUT2D eigenvalue weighted by molar-refractivity contribution is -0.128. The van der Waals surface area contributed by atoms with Crippen LogP contribution in [0, 0.1) is 0 Å². The molecule has 3 rings (SSSR count). The van der Waals surface area contributed by atoms with Crippen LogP contribution in [-0.2, 0) is 4.79 Å². The van der Waals surface area contributed by atoms with Crippen LogP contribution in [0.1, 0.15) is 30.1 Å². The van der Waals surface area contributed by atoms with Crippen LogP contribution in [-0.4, -0.2) is 47.9 Å². The summed E-state index contributed by atoms with van der Waals surface area (Å²) >= 11 is 0. The summed E-state index contributed by atoms with van der Waals surface area (Å²) in [7, 11) is 0. The number of hydrogen-bond donors (Lipinski definition) is 3. The largest absolute Gasteiger partial charge is 0.374 e. The van der Waals surface area contributed by atoms with Crippen molar-refractivity contribution in [1.82, 2.24) is 15.5 Å². The summed E-state index contributed by atoms with van der Waals surface area (Å²) in [5, 5.41) is 8.58. The van der Waals surface area contributed by atoms with Crippen molar-refractivity contribution >= 4 is 23.5 Å². The Kier molecular flexibility index (Phi) is 4.18. The number of anilines is 1. The molecule has 3 N–H and O–H groups in total. The lowest BCUT2D eigenvalue weighted by atomic mass is 10.1. The molecule has 1 heterocycles. The van der Waals surface area contributed by atoms with Crippen molar-refractivity contribution in [2.24, 2.45) is 0 Å². The van der Waals surface area contributed by atoms with Gasteiger partial charge in [0.15, 0.2) is 0 Å². The monoisotopic (exact) mass is 316 g/mol. The number of urea groups is 1. The first-order valence-corrected chi connectivity index (χ1v) is 7.81. The molecule has 2 aliphatic rings. The van der Waals surface area contributed by atoms with Crippen molar-refractivity contribution < 1.29 is 14.4 Å². The van der Waals surface area contributed by atoms with Crippen LogP contribution in [0.5, 0.6) is 0 Å². The molecule has 4 amide bonds. The van der Waals surface area contributed by atoms with Gasteiger partial charge in [-0.15, -0.1) is 0 Å². The van der Waals surface area contributed by atoms with Gasteiger partial charge in [0, 0.05) is 30.4 Å². The Hall–Kier alpha value is -2.57. The maximum atomic E-state index is 12.3. The molecule has 2 fully saturated rings. The van der Waals surface area contributed by atoms with E-state index in [9.17, 15) is 14.4 Å². The molecule has 1 saturated heterocycles.